The van der Waals surface area contributed by atoms with Crippen LogP contribution in [-0.4, -0.2) is 23.4 Å². The molecule has 4 heteroatoms. The molecule has 1 aromatic carbocycles. The Morgan fingerprint density at radius 2 is 2.18 bits per heavy atom. The van der Waals surface area contributed by atoms with E-state index in [4.69, 9.17) is 0 Å². The van der Waals surface area contributed by atoms with Crippen LogP contribution >= 0.6 is 11.8 Å². The molecule has 1 heterocycles. The molecule has 0 aromatic heterocycles. The van der Waals surface area contributed by atoms with Gasteiger partial charge in [0, 0.05) is 11.8 Å². The van der Waals surface area contributed by atoms with Crippen molar-refractivity contribution in [2.24, 2.45) is 4.99 Å². The van der Waals surface area contributed by atoms with Gasteiger partial charge in [-0.15, -0.1) is 0 Å². The SMILES string of the molecule is Cc1ccc(/C=C/C(=O)NC2=NCCS2)cc1. The van der Waals surface area contributed by atoms with Crippen LogP contribution in [0.25, 0.3) is 6.08 Å². The molecule has 3 nitrogen and oxygen atoms in total. The maximum absolute atomic E-state index is 11.5. The van der Waals surface area contributed by atoms with Crippen LogP contribution in [0.5, 0.6) is 0 Å². The number of amides is 1. The van der Waals surface area contributed by atoms with E-state index in [0.29, 0.717) is 0 Å². The molecule has 0 radical (unpaired) electrons. The molecule has 1 aliphatic heterocycles. The molecule has 0 saturated heterocycles. The normalized spacial score (nSPS) is 15.0. The largest absolute Gasteiger partial charge is 0.302 e. The van der Waals surface area contributed by atoms with Gasteiger partial charge in [0.1, 0.15) is 0 Å². The Morgan fingerprint density at radius 1 is 1.41 bits per heavy atom. The summed E-state index contributed by atoms with van der Waals surface area (Å²) in [6.45, 7) is 2.83. The summed E-state index contributed by atoms with van der Waals surface area (Å²) in [6.07, 6.45) is 3.33. The third-order valence-electron chi connectivity index (χ3n) is 2.32. The van der Waals surface area contributed by atoms with Crippen LogP contribution in [-0.2, 0) is 4.79 Å². The van der Waals surface area contributed by atoms with E-state index in [1.165, 1.54) is 11.6 Å². The Morgan fingerprint density at radius 3 is 2.82 bits per heavy atom. The second kappa shape index (κ2) is 5.68. The van der Waals surface area contributed by atoms with Crippen LogP contribution in [0.3, 0.4) is 0 Å². The molecule has 0 aliphatic carbocycles. The molecule has 0 atom stereocenters. The second-order valence-corrected chi connectivity index (χ2v) is 4.85. The van der Waals surface area contributed by atoms with Gasteiger partial charge in [-0.3, -0.25) is 9.79 Å². The summed E-state index contributed by atoms with van der Waals surface area (Å²) < 4.78 is 0. The Kier molecular flexibility index (Phi) is 3.98. The van der Waals surface area contributed by atoms with Crippen molar-refractivity contribution in [2.45, 2.75) is 6.92 Å². The highest BCUT2D eigenvalue weighted by Gasteiger charge is 2.08. The summed E-state index contributed by atoms with van der Waals surface area (Å²) in [5, 5.41) is 3.47. The fourth-order valence-corrected chi connectivity index (χ4v) is 2.14. The first-order chi connectivity index (χ1) is 8.24. The van der Waals surface area contributed by atoms with Gasteiger partial charge < -0.3 is 5.32 Å². The lowest BCUT2D eigenvalue weighted by molar-refractivity contribution is -0.115. The van der Waals surface area contributed by atoms with Crippen molar-refractivity contribution >= 4 is 28.9 Å². The molecule has 1 aliphatic rings. The van der Waals surface area contributed by atoms with E-state index < -0.39 is 0 Å². The van der Waals surface area contributed by atoms with E-state index >= 15 is 0 Å². The minimum atomic E-state index is -0.126. The molecular formula is C13H14N2OS. The van der Waals surface area contributed by atoms with Crippen molar-refractivity contribution in [1.29, 1.82) is 0 Å². The maximum Gasteiger partial charge on any atom is 0.249 e. The molecule has 1 aromatic rings. The first-order valence-corrected chi connectivity index (χ1v) is 6.45. The van der Waals surface area contributed by atoms with Gasteiger partial charge in [-0.2, -0.15) is 0 Å². The van der Waals surface area contributed by atoms with Gasteiger partial charge in [-0.25, -0.2) is 0 Å². The minimum Gasteiger partial charge on any atom is -0.302 e. The molecule has 17 heavy (non-hydrogen) atoms. The van der Waals surface area contributed by atoms with Crippen LogP contribution in [0.2, 0.25) is 0 Å². The van der Waals surface area contributed by atoms with E-state index in [2.05, 4.69) is 10.3 Å². The zero-order chi connectivity index (χ0) is 12.1. The third-order valence-corrected chi connectivity index (χ3v) is 3.21. The van der Waals surface area contributed by atoms with Gasteiger partial charge >= 0.3 is 0 Å². The lowest BCUT2D eigenvalue weighted by Crippen LogP contribution is -2.25. The van der Waals surface area contributed by atoms with Crippen LogP contribution in [0.15, 0.2) is 35.3 Å². The Labute approximate surface area is 105 Å². The number of aliphatic imine (C=N–C) groups is 1. The fourth-order valence-electron chi connectivity index (χ4n) is 1.41. The van der Waals surface area contributed by atoms with Gasteiger partial charge in [0.2, 0.25) is 5.91 Å². The number of hydrogen-bond acceptors (Lipinski definition) is 3. The van der Waals surface area contributed by atoms with E-state index in [-0.39, 0.29) is 5.91 Å². The Bertz CT molecular complexity index is 463. The number of aryl methyl sites for hydroxylation is 1. The fraction of sp³-hybridized carbons (Fsp3) is 0.231. The molecule has 0 bridgehead atoms. The number of nitrogens with one attached hydrogen (secondary N) is 1. The van der Waals surface area contributed by atoms with Crippen molar-refractivity contribution in [1.82, 2.24) is 5.32 Å². The first kappa shape index (κ1) is 11.9. The second-order valence-electron chi connectivity index (χ2n) is 3.77. The van der Waals surface area contributed by atoms with Gasteiger partial charge in [0.05, 0.1) is 6.54 Å². The summed E-state index contributed by atoms with van der Waals surface area (Å²) in [4.78, 5) is 15.7. The number of rotatable bonds is 2. The van der Waals surface area contributed by atoms with Crippen molar-refractivity contribution in [3.05, 3.63) is 41.5 Å². The number of nitrogens with zero attached hydrogens (tertiary/aromatic N) is 1. The van der Waals surface area contributed by atoms with Crippen molar-refractivity contribution in [3.8, 4) is 0 Å². The van der Waals surface area contributed by atoms with Crippen LogP contribution in [0.4, 0.5) is 0 Å². The van der Waals surface area contributed by atoms with Crippen LogP contribution in [0.1, 0.15) is 11.1 Å². The van der Waals surface area contributed by atoms with Gasteiger partial charge in [0.25, 0.3) is 0 Å². The number of carbonyl (C=O) groups is 1. The highest BCUT2D eigenvalue weighted by molar-refractivity contribution is 8.14. The number of benzene rings is 1. The molecular weight excluding hydrogens is 232 g/mol. The standard InChI is InChI=1S/C13H14N2OS/c1-10-2-4-11(5-3-10)6-7-12(16)15-13-14-8-9-17-13/h2-7H,8-9H2,1H3,(H,14,15,16)/b7-6+. The lowest BCUT2D eigenvalue weighted by Gasteiger charge is -1.99. The number of amidine groups is 1. The molecule has 88 valence electrons. The smallest absolute Gasteiger partial charge is 0.249 e. The molecule has 2 rings (SSSR count). The summed E-state index contributed by atoms with van der Waals surface area (Å²) in [5.41, 5.74) is 2.23. The maximum atomic E-state index is 11.5. The van der Waals surface area contributed by atoms with E-state index in [0.717, 1.165) is 23.0 Å². The van der Waals surface area contributed by atoms with E-state index in [9.17, 15) is 4.79 Å². The highest BCUT2D eigenvalue weighted by Crippen LogP contribution is 2.09. The topological polar surface area (TPSA) is 41.5 Å². The Balaban J connectivity index is 1.91. The van der Waals surface area contributed by atoms with Gasteiger partial charge in [0.15, 0.2) is 5.17 Å². The molecule has 0 unspecified atom stereocenters. The summed E-state index contributed by atoms with van der Waals surface area (Å²) in [5.74, 6) is 0.829. The van der Waals surface area contributed by atoms with Crippen molar-refractivity contribution < 1.29 is 4.79 Å². The zero-order valence-electron chi connectivity index (χ0n) is 9.64. The van der Waals surface area contributed by atoms with Gasteiger partial charge in [-0.1, -0.05) is 41.6 Å². The van der Waals surface area contributed by atoms with Crippen LogP contribution < -0.4 is 5.32 Å². The first-order valence-electron chi connectivity index (χ1n) is 5.47. The van der Waals surface area contributed by atoms with E-state index in [1.54, 1.807) is 17.8 Å². The molecule has 1 amide bonds. The molecule has 0 fully saturated rings. The minimum absolute atomic E-state index is 0.126. The van der Waals surface area contributed by atoms with E-state index in [1.807, 2.05) is 31.2 Å². The Hall–Kier alpha value is -1.55. The number of hydrogen-bond donors (Lipinski definition) is 1. The monoisotopic (exact) mass is 246 g/mol. The van der Waals surface area contributed by atoms with Crippen molar-refractivity contribution in [3.63, 3.8) is 0 Å². The summed E-state index contributed by atoms with van der Waals surface area (Å²) >= 11 is 1.58. The molecule has 0 spiro atoms. The summed E-state index contributed by atoms with van der Waals surface area (Å²) in [7, 11) is 0. The number of thioether (sulfide) groups is 1. The van der Waals surface area contributed by atoms with Gasteiger partial charge in [-0.05, 0) is 18.6 Å². The lowest BCUT2D eigenvalue weighted by atomic mass is 10.1. The number of carbonyl (C=O) groups excluding carboxylic acids is 1. The summed E-state index contributed by atoms with van der Waals surface area (Å²) in [6, 6.07) is 8.02. The predicted molar refractivity (Wildman–Crippen MR) is 73.1 cm³/mol. The average Bonchev–Trinajstić information content (AvgIpc) is 2.81. The zero-order valence-corrected chi connectivity index (χ0v) is 10.5. The van der Waals surface area contributed by atoms with Crippen LogP contribution in [0, 0.1) is 6.92 Å². The highest BCUT2D eigenvalue weighted by atomic mass is 32.2. The van der Waals surface area contributed by atoms with Crippen molar-refractivity contribution in [2.75, 3.05) is 12.3 Å². The quantitative estimate of drug-likeness (QED) is 0.813. The predicted octanol–water partition coefficient (Wildman–Crippen LogP) is 2.23. The molecule has 1 N–H and O–H groups in total. The third kappa shape index (κ3) is 3.75. The average molecular weight is 246 g/mol. The molecule has 0 saturated carbocycles.